The van der Waals surface area contributed by atoms with Crippen molar-refractivity contribution in [3.63, 3.8) is 0 Å². The summed E-state index contributed by atoms with van der Waals surface area (Å²) in [4.78, 5) is 22.3. The molecule has 1 amide bonds. The Hall–Kier alpha value is -2.21. The number of hydrogen-bond acceptors (Lipinski definition) is 5. The summed E-state index contributed by atoms with van der Waals surface area (Å²) in [5.74, 6) is 0.214. The van der Waals surface area contributed by atoms with Crippen LogP contribution in [0.4, 0.5) is 5.69 Å². The number of nitrogens with zero attached hydrogens (tertiary/aromatic N) is 2. The first kappa shape index (κ1) is 23.8. The van der Waals surface area contributed by atoms with Gasteiger partial charge in [-0.3, -0.25) is 4.79 Å². The first-order valence-electron chi connectivity index (χ1n) is 9.16. The summed E-state index contributed by atoms with van der Waals surface area (Å²) in [6.45, 7) is 8.31. The van der Waals surface area contributed by atoms with Crippen LogP contribution in [-0.2, 0) is 9.59 Å². The highest BCUT2D eigenvalue weighted by Crippen LogP contribution is 2.23. The topological polar surface area (TPSA) is 82.0 Å². The Morgan fingerprint density at radius 3 is 2.19 bits per heavy atom. The van der Waals surface area contributed by atoms with Crippen LogP contribution in [0.2, 0.25) is 0 Å². The van der Waals surface area contributed by atoms with Crippen LogP contribution in [0.3, 0.4) is 0 Å². The van der Waals surface area contributed by atoms with Gasteiger partial charge in [-0.1, -0.05) is 31.4 Å². The van der Waals surface area contributed by atoms with Crippen LogP contribution in [0.1, 0.15) is 51.5 Å². The Labute approximate surface area is 157 Å². The molecule has 1 aliphatic carbocycles. The molecule has 6 nitrogen and oxygen atoms in total. The van der Waals surface area contributed by atoms with Crippen molar-refractivity contribution in [1.29, 1.82) is 0 Å². The predicted octanol–water partition coefficient (Wildman–Crippen LogP) is 2.99. The van der Waals surface area contributed by atoms with Crippen LogP contribution >= 0.6 is 0 Å². The fourth-order valence-electron chi connectivity index (χ4n) is 2.99. The molecule has 0 atom stereocenters. The van der Waals surface area contributed by atoms with E-state index in [0.717, 1.165) is 51.4 Å². The van der Waals surface area contributed by atoms with E-state index in [-0.39, 0.29) is 11.8 Å². The van der Waals surface area contributed by atoms with Crippen molar-refractivity contribution in [1.82, 2.24) is 5.43 Å². The minimum absolute atomic E-state index is 0.0655. The summed E-state index contributed by atoms with van der Waals surface area (Å²) in [7, 11) is 1.00. The summed E-state index contributed by atoms with van der Waals surface area (Å²) in [6, 6.07) is 8.25. The number of aliphatic hydroxyl groups excluding tert-OH is 1. The SMILES string of the molecule is C=O.CCN(CC)c1ccc(/C=N/NC(=O)C2CCCCC2)cc1.CO. The fraction of sp³-hybridized carbons (Fsp3) is 0.550. The Morgan fingerprint density at radius 2 is 1.69 bits per heavy atom. The van der Waals surface area contributed by atoms with E-state index in [1.165, 1.54) is 12.1 Å². The number of nitrogens with one attached hydrogen (secondary N) is 1. The number of benzene rings is 1. The smallest absolute Gasteiger partial charge is 0.243 e. The second kappa shape index (κ2) is 15.1. The molecule has 0 saturated heterocycles. The van der Waals surface area contributed by atoms with Gasteiger partial charge < -0.3 is 14.8 Å². The number of carbonyl (C=O) groups is 2. The number of rotatable bonds is 6. The van der Waals surface area contributed by atoms with Gasteiger partial charge in [0.1, 0.15) is 6.79 Å². The molecule has 146 valence electrons. The van der Waals surface area contributed by atoms with Gasteiger partial charge >= 0.3 is 0 Å². The minimum Gasteiger partial charge on any atom is -0.400 e. The molecule has 0 aromatic heterocycles. The third kappa shape index (κ3) is 8.25. The van der Waals surface area contributed by atoms with E-state index in [1.54, 1.807) is 6.21 Å². The molecule has 1 fully saturated rings. The van der Waals surface area contributed by atoms with Crippen molar-refractivity contribution < 1.29 is 14.7 Å². The van der Waals surface area contributed by atoms with Gasteiger partial charge in [0.05, 0.1) is 6.21 Å². The fourth-order valence-corrected chi connectivity index (χ4v) is 2.99. The number of carbonyl (C=O) groups excluding carboxylic acids is 2. The molecule has 6 heteroatoms. The highest BCUT2D eigenvalue weighted by molar-refractivity contribution is 5.83. The van der Waals surface area contributed by atoms with Gasteiger partial charge in [0, 0.05) is 31.8 Å². The normalized spacial score (nSPS) is 13.8. The first-order chi connectivity index (χ1) is 12.7. The zero-order valence-electron chi connectivity index (χ0n) is 16.3. The van der Waals surface area contributed by atoms with E-state index >= 15 is 0 Å². The van der Waals surface area contributed by atoms with Crippen molar-refractivity contribution in [3.05, 3.63) is 29.8 Å². The van der Waals surface area contributed by atoms with Gasteiger partial charge in [0.25, 0.3) is 0 Å². The summed E-state index contributed by atoms with van der Waals surface area (Å²) < 4.78 is 0. The van der Waals surface area contributed by atoms with Crippen molar-refractivity contribution in [2.75, 3.05) is 25.1 Å². The average molecular weight is 364 g/mol. The van der Waals surface area contributed by atoms with Crippen molar-refractivity contribution >= 4 is 24.6 Å². The summed E-state index contributed by atoms with van der Waals surface area (Å²) in [5.41, 5.74) is 4.90. The molecule has 2 rings (SSSR count). The van der Waals surface area contributed by atoms with E-state index in [9.17, 15) is 4.79 Å². The zero-order chi connectivity index (χ0) is 19.8. The molecule has 1 aromatic carbocycles. The molecule has 0 spiro atoms. The maximum atomic E-state index is 12.0. The summed E-state index contributed by atoms with van der Waals surface area (Å²) >= 11 is 0. The maximum Gasteiger partial charge on any atom is 0.243 e. The van der Waals surface area contributed by atoms with Gasteiger partial charge in [-0.25, -0.2) is 5.43 Å². The molecule has 0 unspecified atom stereocenters. The Kier molecular flexibility index (Phi) is 13.8. The number of amides is 1. The quantitative estimate of drug-likeness (QED) is 0.601. The largest absolute Gasteiger partial charge is 0.400 e. The Balaban J connectivity index is 0.00000146. The first-order valence-corrected chi connectivity index (χ1v) is 9.16. The Morgan fingerprint density at radius 1 is 1.15 bits per heavy atom. The predicted molar refractivity (Wildman–Crippen MR) is 108 cm³/mol. The van der Waals surface area contributed by atoms with Gasteiger partial charge in [-0.2, -0.15) is 5.10 Å². The van der Waals surface area contributed by atoms with Crippen LogP contribution in [0, 0.1) is 5.92 Å². The standard InChI is InChI=1S/C18H27N3O.CH4O.CH2O/c1-3-21(4-2)17-12-10-15(11-13-17)14-19-20-18(22)16-8-6-5-7-9-16;2*1-2/h10-14,16H,3-9H2,1-2H3,(H,20,22);2H,1H3;1H2/b19-14+;;. The number of aliphatic hydroxyl groups is 1. The van der Waals surface area contributed by atoms with Gasteiger partial charge in [-0.05, 0) is 44.4 Å². The van der Waals surface area contributed by atoms with E-state index in [2.05, 4.69) is 41.4 Å². The second-order valence-electron chi connectivity index (χ2n) is 5.83. The second-order valence-corrected chi connectivity index (χ2v) is 5.83. The monoisotopic (exact) mass is 363 g/mol. The molecule has 1 saturated carbocycles. The Bertz CT molecular complexity index is 508. The van der Waals surface area contributed by atoms with Crippen molar-refractivity contribution in [3.8, 4) is 0 Å². The molecule has 0 radical (unpaired) electrons. The molecule has 0 heterocycles. The van der Waals surface area contributed by atoms with Crippen LogP contribution in [0.15, 0.2) is 29.4 Å². The highest BCUT2D eigenvalue weighted by Gasteiger charge is 2.20. The van der Waals surface area contributed by atoms with Crippen LogP contribution < -0.4 is 10.3 Å². The van der Waals surface area contributed by atoms with E-state index < -0.39 is 0 Å². The lowest BCUT2D eigenvalue weighted by Crippen LogP contribution is -2.28. The van der Waals surface area contributed by atoms with Crippen LogP contribution in [-0.4, -0.2) is 44.2 Å². The van der Waals surface area contributed by atoms with E-state index in [4.69, 9.17) is 9.90 Å². The van der Waals surface area contributed by atoms with Gasteiger partial charge in [-0.15, -0.1) is 0 Å². The molecule has 1 aromatic rings. The van der Waals surface area contributed by atoms with Crippen molar-refractivity contribution in [2.45, 2.75) is 46.0 Å². The van der Waals surface area contributed by atoms with Crippen LogP contribution in [0.5, 0.6) is 0 Å². The third-order valence-corrected chi connectivity index (χ3v) is 4.39. The van der Waals surface area contributed by atoms with Crippen LogP contribution in [0.25, 0.3) is 0 Å². The summed E-state index contributed by atoms with van der Waals surface area (Å²) in [5, 5.41) is 11.1. The molecule has 0 bridgehead atoms. The lowest BCUT2D eigenvalue weighted by Gasteiger charge is -2.20. The van der Waals surface area contributed by atoms with Gasteiger partial charge in [0.2, 0.25) is 5.91 Å². The average Bonchev–Trinajstić information content (AvgIpc) is 2.73. The number of anilines is 1. The molecule has 1 aliphatic rings. The number of hydrogen-bond donors (Lipinski definition) is 2. The number of hydrazone groups is 1. The molecule has 0 aliphatic heterocycles. The van der Waals surface area contributed by atoms with Gasteiger partial charge in [0.15, 0.2) is 0 Å². The molecule has 2 N–H and O–H groups in total. The zero-order valence-corrected chi connectivity index (χ0v) is 16.3. The molecular weight excluding hydrogens is 330 g/mol. The minimum atomic E-state index is 0.0655. The third-order valence-electron chi connectivity index (χ3n) is 4.39. The van der Waals surface area contributed by atoms with E-state index in [1.807, 2.05) is 18.9 Å². The lowest BCUT2D eigenvalue weighted by atomic mass is 9.89. The molecular formula is C20H33N3O3. The molecule has 26 heavy (non-hydrogen) atoms. The summed E-state index contributed by atoms with van der Waals surface area (Å²) in [6.07, 6.45) is 7.29. The highest BCUT2D eigenvalue weighted by atomic mass is 16.2. The van der Waals surface area contributed by atoms with E-state index in [0.29, 0.717) is 0 Å². The van der Waals surface area contributed by atoms with Crippen molar-refractivity contribution in [2.24, 2.45) is 11.0 Å². The maximum absolute atomic E-state index is 12.0. The lowest BCUT2D eigenvalue weighted by molar-refractivity contribution is -0.125.